The summed E-state index contributed by atoms with van der Waals surface area (Å²) in [4.78, 5) is 20.4. The van der Waals surface area contributed by atoms with Gasteiger partial charge in [0.2, 0.25) is 0 Å². The molecule has 5 nitrogen and oxygen atoms in total. The summed E-state index contributed by atoms with van der Waals surface area (Å²) < 4.78 is 2.22. The molecule has 0 spiro atoms. The van der Waals surface area contributed by atoms with Crippen LogP contribution < -0.4 is 0 Å². The zero-order chi connectivity index (χ0) is 33.7. The summed E-state index contributed by atoms with van der Waals surface area (Å²) in [6.07, 6.45) is 0. The Morgan fingerprint density at radius 3 is 1.47 bits per heavy atom. The van der Waals surface area contributed by atoms with Crippen molar-refractivity contribution in [3.8, 4) is 51.2 Å². The molecule has 0 fully saturated rings. The van der Waals surface area contributed by atoms with Gasteiger partial charge < -0.3 is 0 Å². The van der Waals surface area contributed by atoms with E-state index in [0.29, 0.717) is 17.5 Å². The van der Waals surface area contributed by atoms with E-state index in [2.05, 4.69) is 126 Å². The molecule has 238 valence electrons. The Hall–Kier alpha value is -6.98. The lowest BCUT2D eigenvalue weighted by Gasteiger charge is -2.13. The van der Waals surface area contributed by atoms with E-state index >= 15 is 0 Å². The van der Waals surface area contributed by atoms with Crippen molar-refractivity contribution in [3.05, 3.63) is 176 Å². The van der Waals surface area contributed by atoms with Gasteiger partial charge in [0.05, 0.1) is 11.0 Å². The first-order chi connectivity index (χ1) is 25.3. The molecule has 0 saturated heterocycles. The molecule has 8 aromatic carbocycles. The van der Waals surface area contributed by atoms with Gasteiger partial charge in [-0.25, -0.2) is 19.9 Å². The first-order valence-electron chi connectivity index (χ1n) is 17.1. The van der Waals surface area contributed by atoms with Crippen LogP contribution in [0, 0.1) is 0 Å². The van der Waals surface area contributed by atoms with Gasteiger partial charge in [-0.2, -0.15) is 0 Å². The molecule has 0 unspecified atom stereocenters. The van der Waals surface area contributed by atoms with Gasteiger partial charge >= 0.3 is 0 Å². The standard InChI is InChI=1S/C46H29N5/c1-3-14-30(15-4-1)43-48-44(32-18-13-19-34(28-32)51-42-25-12-11-24-41(42)47-46(51)31-16-5-2-6-17-31)50-45(49-43)33-26-27-39-37-22-8-7-20-35(37)36-21-9-10-23-38(36)40(39)29-33/h1-29H. The second-order valence-corrected chi connectivity index (χ2v) is 12.7. The molecule has 0 aliphatic heterocycles. The van der Waals surface area contributed by atoms with E-state index in [-0.39, 0.29) is 0 Å². The Morgan fingerprint density at radius 1 is 0.314 bits per heavy atom. The number of nitrogens with zero attached hydrogens (tertiary/aromatic N) is 5. The van der Waals surface area contributed by atoms with Crippen molar-refractivity contribution in [2.24, 2.45) is 0 Å². The van der Waals surface area contributed by atoms with E-state index in [1.54, 1.807) is 0 Å². The van der Waals surface area contributed by atoms with Crippen LogP contribution in [0.15, 0.2) is 176 Å². The summed E-state index contributed by atoms with van der Waals surface area (Å²) in [7, 11) is 0. The minimum atomic E-state index is 0.606. The fourth-order valence-electron chi connectivity index (χ4n) is 7.25. The lowest BCUT2D eigenvalue weighted by molar-refractivity contribution is 1.07. The van der Waals surface area contributed by atoms with Crippen LogP contribution in [0.1, 0.15) is 0 Å². The third-order valence-corrected chi connectivity index (χ3v) is 9.63. The molecule has 0 saturated carbocycles. The van der Waals surface area contributed by atoms with E-state index in [1.165, 1.54) is 32.3 Å². The zero-order valence-electron chi connectivity index (χ0n) is 27.5. The maximum atomic E-state index is 5.17. The van der Waals surface area contributed by atoms with Crippen LogP contribution >= 0.6 is 0 Å². The van der Waals surface area contributed by atoms with E-state index in [4.69, 9.17) is 19.9 Å². The average Bonchev–Trinajstić information content (AvgIpc) is 3.61. The Kier molecular flexibility index (Phi) is 6.74. The van der Waals surface area contributed by atoms with Crippen molar-refractivity contribution in [1.82, 2.24) is 24.5 Å². The number of para-hydroxylation sites is 2. The molecule has 10 aromatic rings. The number of hydrogen-bond donors (Lipinski definition) is 0. The molecule has 10 rings (SSSR count). The number of rotatable bonds is 5. The highest BCUT2D eigenvalue weighted by atomic mass is 15.1. The zero-order valence-corrected chi connectivity index (χ0v) is 27.5. The molecule has 0 aliphatic carbocycles. The van der Waals surface area contributed by atoms with Crippen molar-refractivity contribution in [1.29, 1.82) is 0 Å². The Labute approximate surface area is 294 Å². The Bertz CT molecular complexity index is 2880. The molecule has 2 heterocycles. The smallest absolute Gasteiger partial charge is 0.164 e. The molecule has 0 N–H and O–H groups in total. The Balaban J connectivity index is 1.18. The highest BCUT2D eigenvalue weighted by Crippen LogP contribution is 2.37. The van der Waals surface area contributed by atoms with Gasteiger partial charge in [0.25, 0.3) is 0 Å². The van der Waals surface area contributed by atoms with Crippen molar-refractivity contribution < 1.29 is 0 Å². The SMILES string of the molecule is c1ccc(-c2nc(-c3cccc(-n4c(-c5ccccc5)nc5ccccc54)c3)nc(-c3ccc4c5ccccc5c5ccccc5c4c3)n2)cc1. The van der Waals surface area contributed by atoms with Gasteiger partial charge in [-0.1, -0.05) is 146 Å². The van der Waals surface area contributed by atoms with Crippen molar-refractivity contribution in [2.45, 2.75) is 0 Å². The summed E-state index contributed by atoms with van der Waals surface area (Å²) in [6.45, 7) is 0. The van der Waals surface area contributed by atoms with Crippen molar-refractivity contribution in [3.63, 3.8) is 0 Å². The summed E-state index contributed by atoms with van der Waals surface area (Å²) >= 11 is 0. The third kappa shape index (κ3) is 4.94. The molecule has 0 amide bonds. The lowest BCUT2D eigenvalue weighted by atomic mass is 9.93. The normalized spacial score (nSPS) is 11.5. The number of benzene rings is 8. The van der Waals surface area contributed by atoms with Crippen LogP contribution in [-0.2, 0) is 0 Å². The van der Waals surface area contributed by atoms with Crippen LogP contribution in [0.4, 0.5) is 0 Å². The van der Waals surface area contributed by atoms with Gasteiger partial charge in [0, 0.05) is 27.9 Å². The van der Waals surface area contributed by atoms with Gasteiger partial charge in [-0.15, -0.1) is 0 Å². The fourth-order valence-corrected chi connectivity index (χ4v) is 7.25. The van der Waals surface area contributed by atoms with Crippen LogP contribution in [-0.4, -0.2) is 24.5 Å². The van der Waals surface area contributed by atoms with Crippen LogP contribution in [0.2, 0.25) is 0 Å². The fraction of sp³-hybridized carbons (Fsp3) is 0. The maximum Gasteiger partial charge on any atom is 0.164 e. The van der Waals surface area contributed by atoms with Gasteiger partial charge in [-0.3, -0.25) is 4.57 Å². The minimum Gasteiger partial charge on any atom is -0.292 e. The summed E-state index contributed by atoms with van der Waals surface area (Å²) in [5.74, 6) is 2.74. The van der Waals surface area contributed by atoms with Crippen LogP contribution in [0.5, 0.6) is 0 Å². The monoisotopic (exact) mass is 651 g/mol. The summed E-state index contributed by atoms with van der Waals surface area (Å²) in [5.41, 5.74) is 6.76. The van der Waals surface area contributed by atoms with Crippen LogP contribution in [0.3, 0.4) is 0 Å². The first-order valence-corrected chi connectivity index (χ1v) is 17.1. The van der Waals surface area contributed by atoms with Gasteiger partial charge in [-0.05, 0) is 62.6 Å². The molecule has 0 radical (unpaired) electrons. The van der Waals surface area contributed by atoms with E-state index in [0.717, 1.165) is 44.8 Å². The van der Waals surface area contributed by atoms with Crippen molar-refractivity contribution >= 4 is 43.4 Å². The summed E-state index contributed by atoms with van der Waals surface area (Å²) in [5, 5.41) is 7.31. The molecule has 51 heavy (non-hydrogen) atoms. The van der Waals surface area contributed by atoms with Gasteiger partial charge in [0.1, 0.15) is 5.82 Å². The number of fused-ring (bicyclic) bond motifs is 7. The Morgan fingerprint density at radius 2 is 0.804 bits per heavy atom. The molecule has 0 bridgehead atoms. The average molecular weight is 652 g/mol. The lowest BCUT2D eigenvalue weighted by Crippen LogP contribution is -2.02. The van der Waals surface area contributed by atoms with E-state index in [9.17, 15) is 0 Å². The van der Waals surface area contributed by atoms with Gasteiger partial charge in [0.15, 0.2) is 17.5 Å². The molecule has 2 aromatic heterocycles. The molecular formula is C46H29N5. The van der Waals surface area contributed by atoms with E-state index < -0.39 is 0 Å². The number of aromatic nitrogens is 5. The topological polar surface area (TPSA) is 56.5 Å². The number of hydrogen-bond acceptors (Lipinski definition) is 4. The van der Waals surface area contributed by atoms with Crippen LogP contribution in [0.25, 0.3) is 94.6 Å². The largest absolute Gasteiger partial charge is 0.292 e. The van der Waals surface area contributed by atoms with E-state index in [1.807, 2.05) is 54.6 Å². The predicted octanol–water partition coefficient (Wildman–Crippen LogP) is 11.3. The second kappa shape index (κ2) is 11.9. The number of imidazole rings is 1. The molecule has 0 aliphatic rings. The molecule has 5 heteroatoms. The molecule has 0 atom stereocenters. The third-order valence-electron chi connectivity index (χ3n) is 9.63. The minimum absolute atomic E-state index is 0.606. The van der Waals surface area contributed by atoms with Crippen molar-refractivity contribution in [2.75, 3.05) is 0 Å². The predicted molar refractivity (Wildman–Crippen MR) is 209 cm³/mol. The quantitative estimate of drug-likeness (QED) is 0.174. The molecular weight excluding hydrogens is 623 g/mol. The highest BCUT2D eigenvalue weighted by molar-refractivity contribution is 6.25. The second-order valence-electron chi connectivity index (χ2n) is 12.7. The maximum absolute atomic E-state index is 5.17. The summed E-state index contributed by atoms with van der Waals surface area (Å²) in [6, 6.07) is 60.9. The highest BCUT2D eigenvalue weighted by Gasteiger charge is 2.18. The first kappa shape index (κ1) is 29.0.